The molecule has 10 heteroatoms. The normalized spacial score (nSPS) is 13.3. The molecule has 0 fully saturated rings. The van der Waals surface area contributed by atoms with Crippen LogP contribution in [-0.4, -0.2) is 32.8 Å². The number of nitriles is 1. The van der Waals surface area contributed by atoms with E-state index >= 15 is 0 Å². The molecule has 3 heterocycles. The van der Waals surface area contributed by atoms with E-state index in [0.717, 1.165) is 41.5 Å². The molecule has 0 unspecified atom stereocenters. The van der Waals surface area contributed by atoms with E-state index in [9.17, 15) is 14.9 Å². The first-order chi connectivity index (χ1) is 16.6. The average molecular weight is 494 g/mol. The lowest BCUT2D eigenvalue weighted by Gasteiger charge is -2.14. The highest BCUT2D eigenvalue weighted by Gasteiger charge is 2.22. The minimum Gasteiger partial charge on any atom is -0.383 e. The Kier molecular flexibility index (Phi) is 6.50. The molecule has 5 rings (SSSR count). The van der Waals surface area contributed by atoms with Gasteiger partial charge in [0.2, 0.25) is 0 Å². The van der Waals surface area contributed by atoms with Crippen LogP contribution < -0.4 is 11.1 Å². The van der Waals surface area contributed by atoms with Crippen molar-refractivity contribution < 1.29 is 4.74 Å². The number of hydrogen-bond donors (Lipinski definition) is 0. The molecule has 1 aliphatic carbocycles. The van der Waals surface area contributed by atoms with Crippen molar-refractivity contribution >= 4 is 44.2 Å². The number of ether oxygens (including phenoxy) is 1. The van der Waals surface area contributed by atoms with Crippen LogP contribution in [0.25, 0.3) is 21.1 Å². The smallest absolute Gasteiger partial charge is 0.263 e. The second kappa shape index (κ2) is 9.70. The van der Waals surface area contributed by atoms with Gasteiger partial charge in [-0.15, -0.1) is 11.3 Å². The van der Waals surface area contributed by atoms with Crippen LogP contribution in [0.3, 0.4) is 0 Å². The van der Waals surface area contributed by atoms with Crippen LogP contribution in [0.4, 0.5) is 0 Å². The van der Waals surface area contributed by atoms with E-state index in [-0.39, 0.29) is 17.7 Å². The predicted octanol–water partition coefficient (Wildman–Crippen LogP) is 3.51. The van der Waals surface area contributed by atoms with Crippen LogP contribution in [-0.2, 0) is 36.4 Å². The standard InChI is InChI=1S/C24H23N5O3S2/c1-32-13-12-29-23(31)20-16-7-3-5-9-18(16)34-21(20)27-24(29)33-14-19-26-17-8-4-2-6-15(17)22(30)28(19)11-10-25/h2,4,6,8H,3,5,7,9,11-14H2,1H3. The van der Waals surface area contributed by atoms with E-state index in [0.29, 0.717) is 40.8 Å². The molecule has 0 radical (unpaired) electrons. The van der Waals surface area contributed by atoms with Gasteiger partial charge in [-0.1, -0.05) is 23.9 Å². The van der Waals surface area contributed by atoms with Crippen LogP contribution in [0.1, 0.15) is 29.1 Å². The molecule has 1 aliphatic rings. The Morgan fingerprint density at radius 2 is 1.97 bits per heavy atom. The zero-order valence-corrected chi connectivity index (χ0v) is 20.4. The molecule has 0 atom stereocenters. The van der Waals surface area contributed by atoms with Crippen molar-refractivity contribution in [2.45, 2.75) is 49.7 Å². The molecule has 174 valence electrons. The third-order valence-electron chi connectivity index (χ3n) is 6.06. The summed E-state index contributed by atoms with van der Waals surface area (Å²) in [4.78, 5) is 38.1. The lowest BCUT2D eigenvalue weighted by Crippen LogP contribution is -2.26. The van der Waals surface area contributed by atoms with E-state index < -0.39 is 0 Å². The third kappa shape index (κ3) is 4.04. The quantitative estimate of drug-likeness (QED) is 0.287. The zero-order valence-electron chi connectivity index (χ0n) is 18.7. The van der Waals surface area contributed by atoms with Crippen LogP contribution in [0, 0.1) is 11.3 Å². The second-order valence-corrected chi connectivity index (χ2v) is 10.1. The number of aryl methyl sites for hydroxylation is 2. The summed E-state index contributed by atoms with van der Waals surface area (Å²) in [6, 6.07) is 9.17. The van der Waals surface area contributed by atoms with Gasteiger partial charge in [0.15, 0.2) is 5.16 Å². The maximum atomic E-state index is 13.5. The first-order valence-corrected chi connectivity index (χ1v) is 12.9. The number of aromatic nitrogens is 4. The number of rotatable bonds is 7. The lowest BCUT2D eigenvalue weighted by atomic mass is 9.97. The Bertz CT molecular complexity index is 1550. The first kappa shape index (κ1) is 22.8. The van der Waals surface area contributed by atoms with Crippen molar-refractivity contribution in [3.63, 3.8) is 0 Å². The Hall–Kier alpha value is -3.00. The molecule has 0 aliphatic heterocycles. The van der Waals surface area contributed by atoms with Gasteiger partial charge >= 0.3 is 0 Å². The molecule has 0 saturated carbocycles. The minimum absolute atomic E-state index is 0.0372. The monoisotopic (exact) mass is 493 g/mol. The molecule has 0 amide bonds. The molecule has 0 bridgehead atoms. The maximum absolute atomic E-state index is 13.5. The summed E-state index contributed by atoms with van der Waals surface area (Å²) in [5, 5.41) is 11.1. The number of methoxy groups -OCH3 is 1. The highest BCUT2D eigenvalue weighted by Crippen LogP contribution is 2.35. The molecule has 1 aromatic carbocycles. The molecule has 34 heavy (non-hydrogen) atoms. The van der Waals surface area contributed by atoms with Gasteiger partial charge in [0, 0.05) is 12.0 Å². The van der Waals surface area contributed by atoms with Crippen molar-refractivity contribution in [1.29, 1.82) is 5.26 Å². The van der Waals surface area contributed by atoms with Crippen LogP contribution in [0.15, 0.2) is 39.0 Å². The van der Waals surface area contributed by atoms with Crippen molar-refractivity contribution in [1.82, 2.24) is 19.1 Å². The Morgan fingerprint density at radius 3 is 2.79 bits per heavy atom. The fourth-order valence-electron chi connectivity index (χ4n) is 4.40. The van der Waals surface area contributed by atoms with Gasteiger partial charge in [-0.3, -0.25) is 18.7 Å². The molecular weight excluding hydrogens is 470 g/mol. The molecule has 0 spiro atoms. The summed E-state index contributed by atoms with van der Waals surface area (Å²) >= 11 is 2.97. The van der Waals surface area contributed by atoms with Gasteiger partial charge < -0.3 is 4.74 Å². The number of para-hydroxylation sites is 1. The number of benzene rings is 1. The lowest BCUT2D eigenvalue weighted by molar-refractivity contribution is 0.183. The van der Waals surface area contributed by atoms with Crippen LogP contribution in [0.2, 0.25) is 0 Å². The summed E-state index contributed by atoms with van der Waals surface area (Å²) in [5.74, 6) is 0.783. The Morgan fingerprint density at radius 1 is 1.15 bits per heavy atom. The van der Waals surface area contributed by atoms with Gasteiger partial charge in [-0.05, 0) is 43.4 Å². The first-order valence-electron chi connectivity index (χ1n) is 11.1. The second-order valence-electron chi connectivity index (χ2n) is 8.12. The highest BCUT2D eigenvalue weighted by molar-refractivity contribution is 7.98. The average Bonchev–Trinajstić information content (AvgIpc) is 3.23. The summed E-state index contributed by atoms with van der Waals surface area (Å²) in [6.45, 7) is 0.689. The minimum atomic E-state index is -0.242. The van der Waals surface area contributed by atoms with Crippen molar-refractivity contribution in [3.8, 4) is 6.07 Å². The maximum Gasteiger partial charge on any atom is 0.263 e. The molecule has 0 N–H and O–H groups in total. The SMILES string of the molecule is COCCn1c(SCc2nc3ccccc3c(=O)n2CC#N)nc2sc3c(c2c1=O)CCCC3. The van der Waals surface area contributed by atoms with Crippen LogP contribution in [0.5, 0.6) is 0 Å². The van der Waals surface area contributed by atoms with Crippen molar-refractivity contribution in [2.24, 2.45) is 0 Å². The van der Waals surface area contributed by atoms with E-state index in [1.54, 1.807) is 41.2 Å². The topological polar surface area (TPSA) is 103 Å². The largest absolute Gasteiger partial charge is 0.383 e. The highest BCUT2D eigenvalue weighted by atomic mass is 32.2. The van der Waals surface area contributed by atoms with Gasteiger partial charge in [0.25, 0.3) is 11.1 Å². The van der Waals surface area contributed by atoms with E-state index in [1.807, 2.05) is 6.07 Å². The molecule has 8 nitrogen and oxygen atoms in total. The van der Waals surface area contributed by atoms with Gasteiger partial charge in [-0.25, -0.2) is 9.97 Å². The predicted molar refractivity (Wildman–Crippen MR) is 134 cm³/mol. The summed E-state index contributed by atoms with van der Waals surface area (Å²) < 4.78 is 8.32. The number of thioether (sulfide) groups is 1. The Labute approximate surface area is 203 Å². The number of thiophene rings is 1. The fraction of sp³-hybridized carbons (Fsp3) is 0.375. The van der Waals surface area contributed by atoms with Gasteiger partial charge in [0.05, 0.1) is 41.3 Å². The summed E-state index contributed by atoms with van der Waals surface area (Å²) in [7, 11) is 1.61. The molecule has 4 aromatic rings. The van der Waals surface area contributed by atoms with Gasteiger partial charge in [-0.2, -0.15) is 5.26 Å². The molecular formula is C24H23N5O3S2. The van der Waals surface area contributed by atoms with Crippen molar-refractivity contribution in [3.05, 3.63) is 61.2 Å². The number of hydrogen-bond acceptors (Lipinski definition) is 8. The van der Waals surface area contributed by atoms with E-state index in [4.69, 9.17) is 9.72 Å². The van der Waals surface area contributed by atoms with E-state index in [1.165, 1.54) is 21.2 Å². The Balaban J connectivity index is 1.58. The van der Waals surface area contributed by atoms with Crippen molar-refractivity contribution in [2.75, 3.05) is 13.7 Å². The van der Waals surface area contributed by atoms with E-state index in [2.05, 4.69) is 11.1 Å². The molecule has 0 saturated heterocycles. The summed E-state index contributed by atoms with van der Waals surface area (Å²) in [5.41, 5.74) is 1.47. The molecule has 3 aromatic heterocycles. The van der Waals surface area contributed by atoms with Crippen LogP contribution >= 0.6 is 23.1 Å². The number of fused-ring (bicyclic) bond motifs is 4. The third-order valence-corrected chi connectivity index (χ3v) is 8.22. The van der Waals surface area contributed by atoms with Gasteiger partial charge in [0.1, 0.15) is 17.2 Å². The summed E-state index contributed by atoms with van der Waals surface area (Å²) in [6.07, 6.45) is 4.16. The number of nitrogens with zero attached hydrogens (tertiary/aromatic N) is 5. The zero-order chi connectivity index (χ0) is 23.7. The fourth-order valence-corrected chi connectivity index (χ4v) is 6.67.